The molecule has 0 saturated carbocycles. The van der Waals surface area contributed by atoms with Crippen molar-refractivity contribution in [1.82, 2.24) is 15.5 Å². The van der Waals surface area contributed by atoms with Gasteiger partial charge in [-0.2, -0.15) is 0 Å². The number of hydrogen-bond acceptors (Lipinski definition) is 3. The summed E-state index contributed by atoms with van der Waals surface area (Å²) in [5.74, 6) is -2.23. The summed E-state index contributed by atoms with van der Waals surface area (Å²) in [6.07, 6.45) is 0. The Hall–Kier alpha value is -2.80. The van der Waals surface area contributed by atoms with Gasteiger partial charge < -0.3 is 15.5 Å². The quantitative estimate of drug-likeness (QED) is 0.712. The SMILES string of the molecule is CC(C)C(NC(=O)c1ccccc1F)C(=O)NCC(c1cccc(F)c1)N(C)C. The first kappa shape index (κ1) is 22.5. The Labute approximate surface area is 170 Å². The van der Waals surface area contributed by atoms with Gasteiger partial charge in [-0.15, -0.1) is 0 Å². The fourth-order valence-corrected chi connectivity index (χ4v) is 3.02. The zero-order chi connectivity index (χ0) is 21.6. The lowest BCUT2D eigenvalue weighted by molar-refractivity contribution is -0.124. The molecule has 2 aromatic rings. The van der Waals surface area contributed by atoms with Crippen molar-refractivity contribution in [3.05, 3.63) is 71.3 Å². The third-order valence-electron chi connectivity index (χ3n) is 4.68. The third-order valence-corrected chi connectivity index (χ3v) is 4.68. The molecule has 7 heteroatoms. The number of hydrogen-bond donors (Lipinski definition) is 2. The number of carbonyl (C=O) groups excluding carboxylic acids is 2. The van der Waals surface area contributed by atoms with Gasteiger partial charge in [-0.25, -0.2) is 8.78 Å². The van der Waals surface area contributed by atoms with Crippen molar-refractivity contribution in [3.8, 4) is 0 Å². The highest BCUT2D eigenvalue weighted by Crippen LogP contribution is 2.18. The monoisotopic (exact) mass is 403 g/mol. The Bertz CT molecular complexity index is 855. The minimum absolute atomic E-state index is 0.114. The number of halogens is 2. The fourth-order valence-electron chi connectivity index (χ4n) is 3.02. The van der Waals surface area contributed by atoms with E-state index in [-0.39, 0.29) is 35.8 Å². The van der Waals surface area contributed by atoms with Gasteiger partial charge in [0.1, 0.15) is 17.7 Å². The summed E-state index contributed by atoms with van der Waals surface area (Å²) in [6.45, 7) is 3.82. The summed E-state index contributed by atoms with van der Waals surface area (Å²) < 4.78 is 27.4. The number of likely N-dealkylation sites (N-methyl/N-ethyl adjacent to an activating group) is 1. The van der Waals surface area contributed by atoms with E-state index in [9.17, 15) is 18.4 Å². The predicted molar refractivity (Wildman–Crippen MR) is 108 cm³/mol. The van der Waals surface area contributed by atoms with Crippen molar-refractivity contribution in [2.75, 3.05) is 20.6 Å². The summed E-state index contributed by atoms with van der Waals surface area (Å²) >= 11 is 0. The van der Waals surface area contributed by atoms with E-state index in [1.54, 1.807) is 32.0 Å². The first-order valence-electron chi connectivity index (χ1n) is 9.45. The summed E-state index contributed by atoms with van der Waals surface area (Å²) in [5, 5.41) is 5.43. The molecule has 0 aliphatic carbocycles. The van der Waals surface area contributed by atoms with Gasteiger partial charge in [0.05, 0.1) is 11.6 Å². The molecule has 0 fully saturated rings. The van der Waals surface area contributed by atoms with Gasteiger partial charge in [-0.3, -0.25) is 9.59 Å². The first-order chi connectivity index (χ1) is 13.7. The smallest absolute Gasteiger partial charge is 0.254 e. The van der Waals surface area contributed by atoms with E-state index in [0.29, 0.717) is 0 Å². The molecule has 0 heterocycles. The second kappa shape index (κ2) is 10.1. The minimum Gasteiger partial charge on any atom is -0.352 e. The molecule has 0 spiro atoms. The molecular formula is C22H27F2N3O2. The van der Waals surface area contributed by atoms with Crippen LogP contribution in [0.5, 0.6) is 0 Å². The Morgan fingerprint density at radius 2 is 1.72 bits per heavy atom. The van der Waals surface area contributed by atoms with Gasteiger partial charge >= 0.3 is 0 Å². The molecule has 0 aliphatic heterocycles. The van der Waals surface area contributed by atoms with Crippen LogP contribution in [0.3, 0.4) is 0 Å². The topological polar surface area (TPSA) is 61.4 Å². The Morgan fingerprint density at radius 3 is 2.31 bits per heavy atom. The van der Waals surface area contributed by atoms with E-state index in [4.69, 9.17) is 0 Å². The largest absolute Gasteiger partial charge is 0.352 e. The highest BCUT2D eigenvalue weighted by atomic mass is 19.1. The van der Waals surface area contributed by atoms with E-state index in [2.05, 4.69) is 10.6 Å². The van der Waals surface area contributed by atoms with Crippen molar-refractivity contribution >= 4 is 11.8 Å². The van der Waals surface area contributed by atoms with Crippen LogP contribution in [0.1, 0.15) is 35.8 Å². The first-order valence-corrected chi connectivity index (χ1v) is 9.45. The molecule has 5 nitrogen and oxygen atoms in total. The van der Waals surface area contributed by atoms with E-state index >= 15 is 0 Å². The summed E-state index contributed by atoms with van der Waals surface area (Å²) in [4.78, 5) is 27.0. The Kier molecular flexibility index (Phi) is 7.84. The highest BCUT2D eigenvalue weighted by Gasteiger charge is 2.26. The van der Waals surface area contributed by atoms with E-state index in [1.807, 2.05) is 19.0 Å². The van der Waals surface area contributed by atoms with Gasteiger partial charge in [-0.05, 0) is 49.8 Å². The normalized spacial score (nSPS) is 13.2. The number of nitrogens with zero attached hydrogens (tertiary/aromatic N) is 1. The average Bonchev–Trinajstić information content (AvgIpc) is 2.65. The van der Waals surface area contributed by atoms with E-state index in [1.165, 1.54) is 30.3 Å². The number of nitrogens with one attached hydrogen (secondary N) is 2. The molecular weight excluding hydrogens is 376 g/mol. The Balaban J connectivity index is 2.08. The summed E-state index contributed by atoms with van der Waals surface area (Å²) in [6, 6.07) is 10.7. The minimum atomic E-state index is -0.836. The van der Waals surface area contributed by atoms with Crippen molar-refractivity contribution < 1.29 is 18.4 Å². The second-order valence-corrected chi connectivity index (χ2v) is 7.45. The number of amides is 2. The van der Waals surface area contributed by atoms with Crippen molar-refractivity contribution in [3.63, 3.8) is 0 Å². The van der Waals surface area contributed by atoms with Gasteiger partial charge in [-0.1, -0.05) is 38.1 Å². The van der Waals surface area contributed by atoms with Crippen LogP contribution in [-0.4, -0.2) is 43.4 Å². The Morgan fingerprint density at radius 1 is 1.03 bits per heavy atom. The van der Waals surface area contributed by atoms with E-state index in [0.717, 1.165) is 5.56 Å². The standard InChI is InChI=1S/C22H27F2N3O2/c1-14(2)20(26-21(28)17-10-5-6-11-18(17)24)22(29)25-13-19(27(3)4)15-8-7-9-16(23)12-15/h5-12,14,19-20H,13H2,1-4H3,(H,25,29)(H,26,28). The zero-order valence-electron chi connectivity index (χ0n) is 17.1. The van der Waals surface area contributed by atoms with Crippen LogP contribution in [0, 0.1) is 17.6 Å². The molecule has 2 amide bonds. The number of rotatable bonds is 8. The molecule has 2 atom stereocenters. The fraction of sp³-hybridized carbons (Fsp3) is 0.364. The van der Waals surface area contributed by atoms with Crippen LogP contribution in [0.25, 0.3) is 0 Å². The van der Waals surface area contributed by atoms with Crippen LogP contribution >= 0.6 is 0 Å². The highest BCUT2D eigenvalue weighted by molar-refractivity contribution is 5.97. The van der Waals surface area contributed by atoms with E-state index < -0.39 is 17.8 Å². The zero-order valence-corrected chi connectivity index (χ0v) is 17.1. The average molecular weight is 403 g/mol. The molecule has 156 valence electrons. The maximum absolute atomic E-state index is 13.9. The predicted octanol–water partition coefficient (Wildman–Crippen LogP) is 3.14. The maximum Gasteiger partial charge on any atom is 0.254 e. The van der Waals surface area contributed by atoms with Crippen molar-refractivity contribution in [2.24, 2.45) is 5.92 Å². The molecule has 0 saturated heterocycles. The lowest BCUT2D eigenvalue weighted by Gasteiger charge is -2.27. The van der Waals surface area contributed by atoms with Gasteiger partial charge in [0.25, 0.3) is 5.91 Å². The third kappa shape index (κ3) is 6.09. The molecule has 0 radical (unpaired) electrons. The van der Waals surface area contributed by atoms with Gasteiger partial charge in [0.2, 0.25) is 5.91 Å². The molecule has 29 heavy (non-hydrogen) atoms. The van der Waals surface area contributed by atoms with Crippen LogP contribution in [-0.2, 0) is 4.79 Å². The molecule has 0 aliphatic rings. The van der Waals surface area contributed by atoms with Crippen molar-refractivity contribution in [2.45, 2.75) is 25.9 Å². The van der Waals surface area contributed by atoms with Crippen LogP contribution in [0.4, 0.5) is 8.78 Å². The molecule has 0 bridgehead atoms. The lowest BCUT2D eigenvalue weighted by atomic mass is 10.0. The maximum atomic E-state index is 13.9. The van der Waals surface area contributed by atoms with Crippen LogP contribution in [0.15, 0.2) is 48.5 Å². The molecule has 2 N–H and O–H groups in total. The van der Waals surface area contributed by atoms with Crippen molar-refractivity contribution in [1.29, 1.82) is 0 Å². The molecule has 2 aromatic carbocycles. The molecule has 2 rings (SSSR count). The molecule has 2 unspecified atom stereocenters. The second-order valence-electron chi connectivity index (χ2n) is 7.45. The van der Waals surface area contributed by atoms with Crippen LogP contribution in [0.2, 0.25) is 0 Å². The summed E-state index contributed by atoms with van der Waals surface area (Å²) in [7, 11) is 3.67. The summed E-state index contributed by atoms with van der Waals surface area (Å²) in [5.41, 5.74) is 0.615. The van der Waals surface area contributed by atoms with Crippen LogP contribution < -0.4 is 10.6 Å². The van der Waals surface area contributed by atoms with Gasteiger partial charge in [0.15, 0.2) is 0 Å². The molecule has 0 aromatic heterocycles. The lowest BCUT2D eigenvalue weighted by Crippen LogP contribution is -2.51. The number of carbonyl (C=O) groups is 2. The number of benzene rings is 2. The van der Waals surface area contributed by atoms with Gasteiger partial charge in [0, 0.05) is 6.54 Å².